The minimum atomic E-state index is -2.17. The summed E-state index contributed by atoms with van der Waals surface area (Å²) in [5, 5.41) is 3.28. The molecule has 0 saturated heterocycles. The van der Waals surface area contributed by atoms with Gasteiger partial charge < -0.3 is 27.9 Å². The van der Waals surface area contributed by atoms with Crippen molar-refractivity contribution in [1.82, 2.24) is 14.7 Å². The van der Waals surface area contributed by atoms with E-state index in [9.17, 15) is 4.79 Å². The number of hydrogen-bond acceptors (Lipinski definition) is 9. The second-order valence-electron chi connectivity index (χ2n) is 20.6. The molecular formula is C39H88N3O6PSSi3. The molecule has 318 valence electrons. The summed E-state index contributed by atoms with van der Waals surface area (Å²) in [4.78, 5) is 13.8. The van der Waals surface area contributed by atoms with E-state index < -0.39 is 38.9 Å². The number of nitrogens with one attached hydrogen (secondary N) is 1. The van der Waals surface area contributed by atoms with Gasteiger partial charge in [0.2, 0.25) is 0 Å². The van der Waals surface area contributed by atoms with Gasteiger partial charge in [-0.1, -0.05) is 62.3 Å². The second kappa shape index (κ2) is 21.6. The SMILES string of the molecule is CC(C)N(C(C)C)P(OCCCOCSC(=O)NC(CO[Si](C)(C)C(C)(C)C)(CO[Si](C)(C)C(C)(C)C)CO[Si](C)(C)C(C)(C)C)N(C(C)C)C(C)C. The number of amides is 1. The summed E-state index contributed by atoms with van der Waals surface area (Å²) in [6, 6.07) is 1.47. The summed E-state index contributed by atoms with van der Waals surface area (Å²) < 4.78 is 38.3. The predicted molar refractivity (Wildman–Crippen MR) is 241 cm³/mol. The minimum absolute atomic E-state index is 0.0144. The summed E-state index contributed by atoms with van der Waals surface area (Å²) in [5.41, 5.74) is -0.854. The van der Waals surface area contributed by atoms with Crippen molar-refractivity contribution in [1.29, 1.82) is 0 Å². The van der Waals surface area contributed by atoms with Crippen LogP contribution in [0.25, 0.3) is 0 Å². The van der Waals surface area contributed by atoms with E-state index in [4.69, 9.17) is 22.5 Å². The number of thioether (sulfide) groups is 1. The molecule has 0 unspecified atom stereocenters. The Morgan fingerprint density at radius 3 is 1.21 bits per heavy atom. The average molecular weight is 842 g/mol. The van der Waals surface area contributed by atoms with Crippen LogP contribution >= 0.6 is 20.2 Å². The number of ether oxygens (including phenoxy) is 1. The molecule has 0 aliphatic heterocycles. The van der Waals surface area contributed by atoms with Gasteiger partial charge in [-0.2, -0.15) is 0 Å². The molecular weight excluding hydrogens is 754 g/mol. The summed E-state index contributed by atoms with van der Waals surface area (Å²) >= 11 is 1.15. The molecule has 0 fully saturated rings. The van der Waals surface area contributed by atoms with Crippen LogP contribution in [-0.2, 0) is 22.5 Å². The van der Waals surface area contributed by atoms with Crippen molar-refractivity contribution < 1.29 is 27.3 Å². The highest BCUT2D eigenvalue weighted by atomic mass is 32.2. The molecule has 0 bridgehead atoms. The van der Waals surface area contributed by atoms with Crippen molar-refractivity contribution in [2.45, 2.75) is 208 Å². The third-order valence-corrected chi connectivity index (χ3v) is 28.5. The molecule has 53 heavy (non-hydrogen) atoms. The lowest BCUT2D eigenvalue weighted by atomic mass is 10.0. The van der Waals surface area contributed by atoms with E-state index in [1.807, 2.05) is 0 Å². The van der Waals surface area contributed by atoms with E-state index >= 15 is 0 Å². The molecule has 0 atom stereocenters. The van der Waals surface area contributed by atoms with Crippen LogP contribution < -0.4 is 5.32 Å². The fourth-order valence-corrected chi connectivity index (χ4v) is 11.0. The van der Waals surface area contributed by atoms with E-state index in [1.54, 1.807) is 0 Å². The smallest absolute Gasteiger partial charge is 0.281 e. The first kappa shape index (κ1) is 53.6. The first-order chi connectivity index (χ1) is 23.6. The number of carbonyl (C=O) groups excluding carboxylic acids is 1. The van der Waals surface area contributed by atoms with E-state index in [2.05, 4.69) is 172 Å². The zero-order chi connectivity index (χ0) is 42.0. The molecule has 0 spiro atoms. The largest absolute Gasteiger partial charge is 0.414 e. The van der Waals surface area contributed by atoms with Gasteiger partial charge in [0.1, 0.15) is 11.5 Å². The fraction of sp³-hybridized carbons (Fsp3) is 0.974. The second-order valence-corrected chi connectivity index (χ2v) is 37.6. The van der Waals surface area contributed by atoms with Gasteiger partial charge >= 0.3 is 0 Å². The Morgan fingerprint density at radius 1 is 0.604 bits per heavy atom. The molecule has 0 aromatic heterocycles. The van der Waals surface area contributed by atoms with Gasteiger partial charge in [-0.3, -0.25) is 4.79 Å². The van der Waals surface area contributed by atoms with Crippen molar-refractivity contribution in [3.63, 3.8) is 0 Å². The molecule has 0 aliphatic rings. The Kier molecular flexibility index (Phi) is 21.8. The van der Waals surface area contributed by atoms with Crippen LogP contribution in [0.2, 0.25) is 54.4 Å². The minimum Gasteiger partial charge on any atom is -0.414 e. The van der Waals surface area contributed by atoms with Crippen LogP contribution in [0, 0.1) is 0 Å². The van der Waals surface area contributed by atoms with Crippen LogP contribution in [-0.4, -0.2) is 108 Å². The molecule has 0 saturated carbocycles. The Hall–Kier alpha value is 0.621. The van der Waals surface area contributed by atoms with Crippen molar-refractivity contribution in [3.05, 3.63) is 0 Å². The van der Waals surface area contributed by atoms with Crippen LogP contribution in [0.15, 0.2) is 0 Å². The zero-order valence-electron chi connectivity index (χ0n) is 39.0. The fourth-order valence-electron chi connectivity index (χ4n) is 4.79. The third-order valence-electron chi connectivity index (χ3n) is 11.3. The molecule has 0 aliphatic carbocycles. The maximum absolute atomic E-state index is 13.8. The number of carbonyl (C=O) groups is 1. The molecule has 0 aromatic carbocycles. The Bertz CT molecular complexity index is 966. The van der Waals surface area contributed by atoms with Crippen molar-refractivity contribution in [2.24, 2.45) is 0 Å². The molecule has 0 radical (unpaired) electrons. The Morgan fingerprint density at radius 2 is 0.925 bits per heavy atom. The molecule has 0 aromatic rings. The Balaban J connectivity index is 6.00. The zero-order valence-corrected chi connectivity index (χ0v) is 43.7. The lowest BCUT2D eigenvalue weighted by Crippen LogP contribution is -2.63. The van der Waals surface area contributed by atoms with Crippen LogP contribution in [0.5, 0.6) is 0 Å². The maximum Gasteiger partial charge on any atom is 0.281 e. The van der Waals surface area contributed by atoms with E-state index in [0.29, 0.717) is 57.2 Å². The van der Waals surface area contributed by atoms with Crippen LogP contribution in [0.1, 0.15) is 124 Å². The monoisotopic (exact) mass is 842 g/mol. The van der Waals surface area contributed by atoms with Crippen LogP contribution in [0.3, 0.4) is 0 Å². The quantitative estimate of drug-likeness (QED) is 0.0468. The predicted octanol–water partition coefficient (Wildman–Crippen LogP) is 12.1. The molecule has 1 amide bonds. The molecule has 14 heteroatoms. The highest BCUT2D eigenvalue weighted by Crippen LogP contribution is 2.51. The standard InChI is InChI=1S/C39H88N3O6PSSi3/c1-31(2)41(32(3)4)49(42(33(5)6)34(7)8)45-26-24-25-44-30-50-35(43)40-39(27-46-51(18,19)36(9,10)11,28-47-52(20,21)37(12,13)14)29-48-53(22,23)38(15,16)17/h31-34H,24-30H2,1-23H3,(H,40,43). The summed E-state index contributed by atoms with van der Waals surface area (Å²) in [7, 11) is -7.45. The highest BCUT2D eigenvalue weighted by molar-refractivity contribution is 8.13. The van der Waals surface area contributed by atoms with Gasteiger partial charge in [0, 0.05) is 30.8 Å². The van der Waals surface area contributed by atoms with Gasteiger partial charge in [0.05, 0.1) is 26.4 Å². The van der Waals surface area contributed by atoms with Gasteiger partial charge in [0.15, 0.2) is 33.4 Å². The van der Waals surface area contributed by atoms with Gasteiger partial charge in [-0.05, 0) is 128 Å². The molecule has 1 N–H and O–H groups in total. The van der Waals surface area contributed by atoms with Gasteiger partial charge in [0.25, 0.3) is 5.24 Å². The molecule has 0 rings (SSSR count). The summed E-state index contributed by atoms with van der Waals surface area (Å²) in [5.74, 6) is 0.250. The number of nitrogens with zero attached hydrogens (tertiary/aromatic N) is 2. The number of hydrogen-bond donors (Lipinski definition) is 1. The van der Waals surface area contributed by atoms with Gasteiger partial charge in [-0.15, -0.1) is 0 Å². The molecule has 0 heterocycles. The van der Waals surface area contributed by atoms with Crippen molar-refractivity contribution in [3.8, 4) is 0 Å². The summed E-state index contributed by atoms with van der Waals surface area (Å²) in [6.07, 6.45) is 0.750. The average Bonchev–Trinajstić information content (AvgIpc) is 2.94. The highest BCUT2D eigenvalue weighted by Gasteiger charge is 2.47. The summed E-state index contributed by atoms with van der Waals surface area (Å²) in [6.45, 7) is 53.8. The lowest BCUT2D eigenvalue weighted by Gasteiger charge is -2.46. The maximum atomic E-state index is 13.8. The third kappa shape index (κ3) is 17.6. The Labute approximate surface area is 338 Å². The first-order valence-corrected chi connectivity index (χ1v) is 31.0. The van der Waals surface area contributed by atoms with E-state index in [0.717, 1.165) is 18.2 Å². The van der Waals surface area contributed by atoms with Crippen molar-refractivity contribution >= 4 is 50.4 Å². The van der Waals surface area contributed by atoms with E-state index in [1.165, 1.54) is 0 Å². The van der Waals surface area contributed by atoms with Crippen LogP contribution in [0.4, 0.5) is 4.79 Å². The topological polar surface area (TPSA) is 81.7 Å². The van der Waals surface area contributed by atoms with Crippen molar-refractivity contribution in [2.75, 3.05) is 39.0 Å². The normalized spacial score (nSPS) is 14.7. The van der Waals surface area contributed by atoms with E-state index in [-0.39, 0.29) is 26.3 Å². The molecule has 9 nitrogen and oxygen atoms in total. The first-order valence-electron chi connectivity index (χ1n) is 20.1. The lowest BCUT2D eigenvalue weighted by molar-refractivity contribution is 0.0630. The number of rotatable bonds is 23. The van der Waals surface area contributed by atoms with Gasteiger partial charge in [-0.25, -0.2) is 9.34 Å².